The zero-order chi connectivity index (χ0) is 12.6. The van der Waals surface area contributed by atoms with Crippen molar-refractivity contribution < 1.29 is 4.74 Å². The van der Waals surface area contributed by atoms with Gasteiger partial charge in [-0.05, 0) is 32.2 Å². The summed E-state index contributed by atoms with van der Waals surface area (Å²) in [6, 6.07) is 0. The Morgan fingerprint density at radius 1 is 0.889 bits per heavy atom. The van der Waals surface area contributed by atoms with Crippen LogP contribution >= 0.6 is 0 Å². The van der Waals surface area contributed by atoms with Gasteiger partial charge in [0.05, 0.1) is 6.10 Å². The maximum atomic E-state index is 5.96. The van der Waals surface area contributed by atoms with E-state index in [2.05, 4.69) is 11.9 Å². The largest absolute Gasteiger partial charge is 0.378 e. The van der Waals surface area contributed by atoms with Crippen LogP contribution in [0.25, 0.3) is 0 Å². The number of hydrogen-bond donors (Lipinski definition) is 0. The molecule has 0 aromatic rings. The first kappa shape index (κ1) is 14.3. The Morgan fingerprint density at radius 3 is 2.28 bits per heavy atom. The van der Waals surface area contributed by atoms with E-state index in [0.29, 0.717) is 6.10 Å². The van der Waals surface area contributed by atoms with Gasteiger partial charge in [0.15, 0.2) is 0 Å². The lowest BCUT2D eigenvalue weighted by molar-refractivity contribution is 0.0107. The van der Waals surface area contributed by atoms with Crippen molar-refractivity contribution in [3.63, 3.8) is 0 Å². The molecular weight excluding hydrogens is 222 g/mol. The summed E-state index contributed by atoms with van der Waals surface area (Å²) in [5.41, 5.74) is 0. The predicted octanol–water partition coefficient (Wildman–Crippen LogP) is 3.85. The highest BCUT2D eigenvalue weighted by atomic mass is 16.5. The fourth-order valence-electron chi connectivity index (χ4n) is 2.87. The quantitative estimate of drug-likeness (QED) is 0.579. The molecule has 0 spiro atoms. The summed E-state index contributed by atoms with van der Waals surface area (Å²) < 4.78 is 5.96. The Labute approximate surface area is 113 Å². The van der Waals surface area contributed by atoms with Gasteiger partial charge in [0, 0.05) is 19.7 Å². The smallest absolute Gasteiger partial charge is 0.0599 e. The van der Waals surface area contributed by atoms with Gasteiger partial charge in [-0.25, -0.2) is 0 Å². The van der Waals surface area contributed by atoms with Gasteiger partial charge in [-0.2, -0.15) is 0 Å². The average molecular weight is 253 g/mol. The average Bonchev–Trinajstić information content (AvgIpc) is 3.19. The van der Waals surface area contributed by atoms with Crippen molar-refractivity contribution in [3.05, 3.63) is 0 Å². The van der Waals surface area contributed by atoms with Crippen molar-refractivity contribution in [2.45, 2.75) is 70.3 Å². The van der Waals surface area contributed by atoms with Crippen LogP contribution in [0.5, 0.6) is 0 Å². The summed E-state index contributed by atoms with van der Waals surface area (Å²) >= 11 is 0. The predicted molar refractivity (Wildman–Crippen MR) is 76.9 cm³/mol. The Hall–Kier alpha value is -0.0800. The van der Waals surface area contributed by atoms with E-state index in [4.69, 9.17) is 4.74 Å². The molecule has 2 aliphatic rings. The molecule has 2 heteroatoms. The van der Waals surface area contributed by atoms with E-state index in [9.17, 15) is 0 Å². The topological polar surface area (TPSA) is 12.5 Å². The van der Waals surface area contributed by atoms with Gasteiger partial charge >= 0.3 is 0 Å². The van der Waals surface area contributed by atoms with Crippen LogP contribution in [0, 0.1) is 5.92 Å². The summed E-state index contributed by atoms with van der Waals surface area (Å²) in [7, 11) is 2.21. The molecule has 1 aliphatic carbocycles. The van der Waals surface area contributed by atoms with E-state index in [1.165, 1.54) is 77.3 Å². The van der Waals surface area contributed by atoms with E-state index >= 15 is 0 Å². The minimum absolute atomic E-state index is 0.552. The molecule has 1 saturated carbocycles. The fourth-order valence-corrected chi connectivity index (χ4v) is 2.87. The summed E-state index contributed by atoms with van der Waals surface area (Å²) in [6.07, 6.45) is 14.6. The minimum atomic E-state index is 0.552. The maximum Gasteiger partial charge on any atom is 0.0599 e. The molecule has 0 radical (unpaired) electrons. The van der Waals surface area contributed by atoms with Gasteiger partial charge < -0.3 is 9.64 Å². The maximum absolute atomic E-state index is 5.96. The molecule has 1 saturated heterocycles. The van der Waals surface area contributed by atoms with Crippen LogP contribution in [0.2, 0.25) is 0 Å². The molecule has 0 amide bonds. The lowest BCUT2D eigenvalue weighted by Gasteiger charge is -2.28. The normalized spacial score (nSPS) is 22.5. The first-order chi connectivity index (χ1) is 8.84. The number of rotatable bonds is 9. The minimum Gasteiger partial charge on any atom is -0.378 e. The second-order valence-corrected chi connectivity index (χ2v) is 6.37. The molecule has 0 aromatic carbocycles. The number of likely N-dealkylation sites (tertiary alicyclic amines) is 1. The van der Waals surface area contributed by atoms with Crippen LogP contribution in [0.1, 0.15) is 64.2 Å². The standard InChI is InChI=1S/C16H31NO/c1-17-12-10-16(11-13-17)18-14-6-4-2-3-5-7-15-8-9-15/h15-16H,2-14H2,1H3. The Balaban J connectivity index is 1.32. The molecule has 0 N–H and O–H groups in total. The van der Waals surface area contributed by atoms with E-state index < -0.39 is 0 Å². The van der Waals surface area contributed by atoms with Crippen LogP contribution in [-0.2, 0) is 4.74 Å². The van der Waals surface area contributed by atoms with Crippen molar-refractivity contribution in [3.8, 4) is 0 Å². The molecule has 2 nitrogen and oxygen atoms in total. The van der Waals surface area contributed by atoms with E-state index in [-0.39, 0.29) is 0 Å². The highest BCUT2D eigenvalue weighted by Crippen LogP contribution is 2.34. The molecule has 106 valence electrons. The monoisotopic (exact) mass is 253 g/mol. The first-order valence-electron chi connectivity index (χ1n) is 8.15. The molecule has 0 unspecified atom stereocenters. The molecule has 2 rings (SSSR count). The first-order valence-corrected chi connectivity index (χ1v) is 8.15. The molecule has 2 fully saturated rings. The van der Waals surface area contributed by atoms with Crippen molar-refractivity contribution in [2.24, 2.45) is 5.92 Å². The van der Waals surface area contributed by atoms with Crippen LogP contribution in [0.4, 0.5) is 0 Å². The molecule has 18 heavy (non-hydrogen) atoms. The summed E-state index contributed by atoms with van der Waals surface area (Å²) in [5.74, 6) is 1.12. The Morgan fingerprint density at radius 2 is 1.56 bits per heavy atom. The molecule has 0 atom stereocenters. The number of nitrogens with zero attached hydrogens (tertiary/aromatic N) is 1. The summed E-state index contributed by atoms with van der Waals surface area (Å²) in [5, 5.41) is 0. The third kappa shape index (κ3) is 6.19. The second kappa shape index (κ2) is 8.16. The van der Waals surface area contributed by atoms with Crippen LogP contribution in [-0.4, -0.2) is 37.7 Å². The van der Waals surface area contributed by atoms with Crippen molar-refractivity contribution in [1.29, 1.82) is 0 Å². The fraction of sp³-hybridized carbons (Fsp3) is 1.00. The highest BCUT2D eigenvalue weighted by molar-refractivity contribution is 4.72. The zero-order valence-corrected chi connectivity index (χ0v) is 12.2. The molecule has 1 aliphatic heterocycles. The molecule has 1 heterocycles. The van der Waals surface area contributed by atoms with Crippen LogP contribution < -0.4 is 0 Å². The SMILES string of the molecule is CN1CCC(OCCCCCCCC2CC2)CC1. The van der Waals surface area contributed by atoms with Gasteiger partial charge in [-0.15, -0.1) is 0 Å². The summed E-state index contributed by atoms with van der Waals surface area (Å²) in [4.78, 5) is 2.40. The zero-order valence-electron chi connectivity index (χ0n) is 12.2. The highest BCUT2D eigenvalue weighted by Gasteiger charge is 2.19. The van der Waals surface area contributed by atoms with Gasteiger partial charge in [-0.1, -0.05) is 44.9 Å². The van der Waals surface area contributed by atoms with Gasteiger partial charge in [0.1, 0.15) is 0 Å². The Bertz CT molecular complexity index is 207. The van der Waals surface area contributed by atoms with Gasteiger partial charge in [0.25, 0.3) is 0 Å². The van der Waals surface area contributed by atoms with Crippen LogP contribution in [0.3, 0.4) is 0 Å². The molecular formula is C16H31NO. The second-order valence-electron chi connectivity index (χ2n) is 6.37. The third-order valence-corrected chi connectivity index (χ3v) is 4.47. The third-order valence-electron chi connectivity index (χ3n) is 4.47. The Kier molecular flexibility index (Phi) is 6.50. The number of ether oxygens (including phenoxy) is 1. The lowest BCUT2D eigenvalue weighted by Crippen LogP contribution is -2.34. The summed E-state index contributed by atoms with van der Waals surface area (Å²) in [6.45, 7) is 3.43. The van der Waals surface area contributed by atoms with E-state index in [1.807, 2.05) is 0 Å². The molecule has 0 bridgehead atoms. The van der Waals surface area contributed by atoms with Crippen LogP contribution in [0.15, 0.2) is 0 Å². The van der Waals surface area contributed by atoms with Crippen molar-refractivity contribution in [2.75, 3.05) is 26.7 Å². The number of hydrogen-bond acceptors (Lipinski definition) is 2. The van der Waals surface area contributed by atoms with Crippen molar-refractivity contribution >= 4 is 0 Å². The lowest BCUT2D eigenvalue weighted by atomic mass is 10.1. The van der Waals surface area contributed by atoms with E-state index in [1.54, 1.807) is 0 Å². The number of piperidine rings is 1. The number of unbranched alkanes of at least 4 members (excludes halogenated alkanes) is 4. The van der Waals surface area contributed by atoms with Crippen molar-refractivity contribution in [1.82, 2.24) is 4.90 Å². The van der Waals surface area contributed by atoms with Gasteiger partial charge in [-0.3, -0.25) is 0 Å². The van der Waals surface area contributed by atoms with Gasteiger partial charge in [0.2, 0.25) is 0 Å². The van der Waals surface area contributed by atoms with E-state index in [0.717, 1.165) is 12.5 Å². The molecule has 0 aromatic heterocycles.